The van der Waals surface area contributed by atoms with Crippen molar-refractivity contribution in [3.8, 4) is 0 Å². The molecule has 2 fully saturated rings. The zero-order chi connectivity index (χ0) is 13.7. The Labute approximate surface area is 121 Å². The maximum Gasteiger partial charge on any atom is 0.0305 e. The normalized spacial score (nSPS) is 36.0. The Hall–Kier alpha value is -0.340. The van der Waals surface area contributed by atoms with E-state index < -0.39 is 0 Å². The van der Waals surface area contributed by atoms with Gasteiger partial charge in [-0.3, -0.25) is 0 Å². The van der Waals surface area contributed by atoms with E-state index in [0.717, 1.165) is 18.9 Å². The monoisotopic (exact) mass is 277 g/mol. The van der Waals surface area contributed by atoms with Crippen molar-refractivity contribution in [2.75, 3.05) is 0 Å². The molecule has 0 radical (unpaired) electrons. The summed E-state index contributed by atoms with van der Waals surface area (Å²) in [7, 11) is 0. The molecule has 0 saturated heterocycles. The highest BCUT2D eigenvalue weighted by molar-refractivity contribution is 7.10. The van der Waals surface area contributed by atoms with Crippen LogP contribution in [0.3, 0.4) is 0 Å². The summed E-state index contributed by atoms with van der Waals surface area (Å²) < 4.78 is 0. The van der Waals surface area contributed by atoms with Crippen molar-refractivity contribution in [2.24, 2.45) is 16.7 Å². The zero-order valence-electron chi connectivity index (χ0n) is 12.8. The van der Waals surface area contributed by atoms with Crippen molar-refractivity contribution in [1.82, 2.24) is 5.32 Å². The van der Waals surface area contributed by atoms with Crippen LogP contribution in [-0.4, -0.2) is 6.04 Å². The van der Waals surface area contributed by atoms with Crippen molar-refractivity contribution < 1.29 is 0 Å². The summed E-state index contributed by atoms with van der Waals surface area (Å²) in [6.45, 7) is 10.8. The van der Waals surface area contributed by atoms with Gasteiger partial charge >= 0.3 is 0 Å². The number of thiophene rings is 1. The van der Waals surface area contributed by atoms with Crippen molar-refractivity contribution in [2.45, 2.75) is 66.0 Å². The molecule has 3 atom stereocenters. The van der Waals surface area contributed by atoms with E-state index in [1.54, 1.807) is 4.88 Å². The van der Waals surface area contributed by atoms with Crippen LogP contribution in [-0.2, 0) is 13.0 Å². The molecule has 2 heteroatoms. The molecule has 3 rings (SSSR count). The lowest BCUT2D eigenvalue weighted by atomic mass is 9.69. The van der Waals surface area contributed by atoms with Gasteiger partial charge in [0.05, 0.1) is 0 Å². The molecule has 1 N–H and O–H groups in total. The maximum absolute atomic E-state index is 3.90. The van der Waals surface area contributed by atoms with E-state index >= 15 is 0 Å². The Kier molecular flexibility index (Phi) is 3.30. The first-order chi connectivity index (χ1) is 8.99. The lowest BCUT2D eigenvalue weighted by molar-refractivity contribution is 0.120. The summed E-state index contributed by atoms with van der Waals surface area (Å²) in [6.07, 6.45) is 5.40. The molecular formula is C17H27NS. The Morgan fingerprint density at radius 3 is 2.74 bits per heavy atom. The SMILES string of the molecule is CCc1ccsc1CNC1CC2CCC1(C)C2(C)C. The van der Waals surface area contributed by atoms with E-state index in [4.69, 9.17) is 0 Å². The predicted molar refractivity (Wildman–Crippen MR) is 83.6 cm³/mol. The van der Waals surface area contributed by atoms with Gasteiger partial charge in [0.2, 0.25) is 0 Å². The topological polar surface area (TPSA) is 12.0 Å². The Morgan fingerprint density at radius 2 is 2.16 bits per heavy atom. The highest BCUT2D eigenvalue weighted by Crippen LogP contribution is 2.65. The van der Waals surface area contributed by atoms with Crippen molar-refractivity contribution >= 4 is 11.3 Å². The predicted octanol–water partition coefficient (Wildman–Crippen LogP) is 4.61. The van der Waals surface area contributed by atoms with Crippen LogP contribution in [0.1, 0.15) is 57.4 Å². The molecule has 0 amide bonds. The summed E-state index contributed by atoms with van der Waals surface area (Å²) >= 11 is 1.91. The van der Waals surface area contributed by atoms with Gasteiger partial charge in [-0.05, 0) is 59.4 Å². The molecule has 2 aliphatic rings. The molecule has 0 aliphatic heterocycles. The minimum Gasteiger partial charge on any atom is -0.309 e. The highest BCUT2D eigenvalue weighted by Gasteiger charge is 2.60. The lowest BCUT2D eigenvalue weighted by Gasteiger charge is -2.39. The third kappa shape index (κ3) is 1.91. The van der Waals surface area contributed by atoms with Crippen LogP contribution in [0.5, 0.6) is 0 Å². The first kappa shape index (κ1) is 13.6. The average Bonchev–Trinajstić information content (AvgIpc) is 2.97. The molecule has 0 spiro atoms. The van der Waals surface area contributed by atoms with Gasteiger partial charge in [-0.15, -0.1) is 11.3 Å². The number of hydrogen-bond acceptors (Lipinski definition) is 2. The molecule has 1 aromatic heterocycles. The Balaban J connectivity index is 1.69. The molecule has 2 aliphatic carbocycles. The second kappa shape index (κ2) is 4.60. The van der Waals surface area contributed by atoms with E-state index in [1.807, 2.05) is 11.3 Å². The summed E-state index contributed by atoms with van der Waals surface area (Å²) in [5, 5.41) is 6.14. The van der Waals surface area contributed by atoms with Crippen LogP contribution < -0.4 is 5.32 Å². The average molecular weight is 277 g/mol. The quantitative estimate of drug-likeness (QED) is 0.847. The second-order valence-electron chi connectivity index (χ2n) is 7.27. The zero-order valence-corrected chi connectivity index (χ0v) is 13.6. The molecule has 1 aromatic rings. The van der Waals surface area contributed by atoms with E-state index in [0.29, 0.717) is 16.9 Å². The number of aryl methyl sites for hydroxylation is 1. The largest absolute Gasteiger partial charge is 0.309 e. The first-order valence-electron chi connectivity index (χ1n) is 7.77. The summed E-state index contributed by atoms with van der Waals surface area (Å²) in [6, 6.07) is 3.00. The third-order valence-corrected chi connectivity index (χ3v) is 7.48. The molecule has 2 bridgehead atoms. The fourth-order valence-corrected chi connectivity index (χ4v) is 5.49. The second-order valence-corrected chi connectivity index (χ2v) is 8.27. The van der Waals surface area contributed by atoms with E-state index in [1.165, 1.54) is 24.8 Å². The number of rotatable bonds is 4. The molecule has 0 aromatic carbocycles. The van der Waals surface area contributed by atoms with Gasteiger partial charge in [0, 0.05) is 17.5 Å². The van der Waals surface area contributed by atoms with Crippen molar-refractivity contribution in [3.63, 3.8) is 0 Å². The molecule has 1 nitrogen and oxygen atoms in total. The fourth-order valence-electron chi connectivity index (χ4n) is 4.57. The summed E-state index contributed by atoms with van der Waals surface area (Å²) in [5.41, 5.74) is 2.56. The standard InChI is InChI=1S/C17H27NS/c1-5-12-7-9-19-14(12)11-18-15-10-13-6-8-17(15,4)16(13,2)3/h7,9,13,15,18H,5-6,8,10-11H2,1-4H3. The Bertz CT molecular complexity index is 462. The van der Waals surface area contributed by atoms with Gasteiger partial charge in [0.25, 0.3) is 0 Å². The molecule has 1 heterocycles. The van der Waals surface area contributed by atoms with E-state index in [9.17, 15) is 0 Å². The molecule has 106 valence electrons. The minimum atomic E-state index is 0.501. The fraction of sp³-hybridized carbons (Fsp3) is 0.765. The maximum atomic E-state index is 3.90. The van der Waals surface area contributed by atoms with Crippen LogP contribution in [0.4, 0.5) is 0 Å². The Morgan fingerprint density at radius 1 is 1.37 bits per heavy atom. The summed E-state index contributed by atoms with van der Waals surface area (Å²) in [4.78, 5) is 1.55. The molecular weight excluding hydrogens is 250 g/mol. The van der Waals surface area contributed by atoms with Crippen LogP contribution >= 0.6 is 11.3 Å². The number of fused-ring (bicyclic) bond motifs is 2. The van der Waals surface area contributed by atoms with Gasteiger partial charge < -0.3 is 5.32 Å². The molecule has 2 saturated carbocycles. The van der Waals surface area contributed by atoms with Crippen LogP contribution in [0.15, 0.2) is 11.4 Å². The van der Waals surface area contributed by atoms with Crippen LogP contribution in [0, 0.1) is 16.7 Å². The minimum absolute atomic E-state index is 0.501. The first-order valence-corrected chi connectivity index (χ1v) is 8.65. The van der Waals surface area contributed by atoms with Gasteiger partial charge in [-0.2, -0.15) is 0 Å². The number of hydrogen-bond donors (Lipinski definition) is 1. The third-order valence-electron chi connectivity index (χ3n) is 6.52. The van der Waals surface area contributed by atoms with Crippen LogP contribution in [0.2, 0.25) is 0 Å². The van der Waals surface area contributed by atoms with E-state index in [2.05, 4.69) is 44.5 Å². The van der Waals surface area contributed by atoms with E-state index in [-0.39, 0.29) is 0 Å². The van der Waals surface area contributed by atoms with Gasteiger partial charge in [0.15, 0.2) is 0 Å². The van der Waals surface area contributed by atoms with Crippen molar-refractivity contribution in [1.29, 1.82) is 0 Å². The molecule has 19 heavy (non-hydrogen) atoms. The smallest absolute Gasteiger partial charge is 0.0305 e. The lowest BCUT2D eigenvalue weighted by Crippen LogP contribution is -2.44. The van der Waals surface area contributed by atoms with Gasteiger partial charge in [-0.25, -0.2) is 0 Å². The number of nitrogens with one attached hydrogen (secondary N) is 1. The summed E-state index contributed by atoms with van der Waals surface area (Å²) in [5.74, 6) is 0.934. The van der Waals surface area contributed by atoms with Gasteiger partial charge in [-0.1, -0.05) is 27.7 Å². The highest BCUT2D eigenvalue weighted by atomic mass is 32.1. The van der Waals surface area contributed by atoms with Crippen molar-refractivity contribution in [3.05, 3.63) is 21.9 Å². The van der Waals surface area contributed by atoms with Gasteiger partial charge in [0.1, 0.15) is 0 Å². The van der Waals surface area contributed by atoms with Crippen LogP contribution in [0.25, 0.3) is 0 Å². The molecule has 3 unspecified atom stereocenters.